The maximum Gasteiger partial charge on any atom is 0.348 e. The molecule has 7 nitrogen and oxygen atoms in total. The molecule has 0 saturated heterocycles. The highest BCUT2D eigenvalue weighted by molar-refractivity contribution is 7.18. The zero-order valence-corrected chi connectivity index (χ0v) is 11.9. The van der Waals surface area contributed by atoms with E-state index in [-0.39, 0.29) is 16.6 Å². The summed E-state index contributed by atoms with van der Waals surface area (Å²) in [6.45, 7) is -0.126. The number of hydrogen-bond donors (Lipinski definition) is 3. The number of aromatic nitrogens is 1. The maximum absolute atomic E-state index is 11.5. The van der Waals surface area contributed by atoms with Crippen LogP contribution in [0.4, 0.5) is 10.8 Å². The van der Waals surface area contributed by atoms with Crippen LogP contribution in [0.1, 0.15) is 9.67 Å². The summed E-state index contributed by atoms with van der Waals surface area (Å²) in [4.78, 5) is 27.0. The van der Waals surface area contributed by atoms with Gasteiger partial charge in [0.25, 0.3) is 5.91 Å². The number of carboxylic acids is 1. The van der Waals surface area contributed by atoms with Gasteiger partial charge >= 0.3 is 5.97 Å². The summed E-state index contributed by atoms with van der Waals surface area (Å²) in [6, 6.07) is 6.67. The van der Waals surface area contributed by atoms with Gasteiger partial charge in [-0.2, -0.15) is 0 Å². The molecule has 4 N–H and O–H groups in total. The van der Waals surface area contributed by atoms with Gasteiger partial charge in [-0.05, 0) is 12.1 Å². The van der Waals surface area contributed by atoms with Gasteiger partial charge in [0.2, 0.25) is 0 Å². The highest BCUT2D eigenvalue weighted by Crippen LogP contribution is 2.31. The van der Waals surface area contributed by atoms with Gasteiger partial charge in [0, 0.05) is 18.4 Å². The van der Waals surface area contributed by atoms with E-state index in [2.05, 4.69) is 10.3 Å². The van der Waals surface area contributed by atoms with Crippen molar-refractivity contribution in [2.75, 3.05) is 24.8 Å². The van der Waals surface area contributed by atoms with E-state index in [0.717, 1.165) is 11.3 Å². The third kappa shape index (κ3) is 3.56. The molecule has 0 bridgehead atoms. The Kier molecular flexibility index (Phi) is 4.51. The number of carbonyl (C=O) groups is 2. The van der Waals surface area contributed by atoms with Crippen LogP contribution in [0.25, 0.3) is 11.3 Å². The molecule has 0 aliphatic carbocycles. The fraction of sp³-hybridized carbons (Fsp3) is 0.154. The number of nitrogens with two attached hydrogens (primary N) is 1. The Bertz CT molecular complexity index is 667. The average molecular weight is 307 g/mol. The van der Waals surface area contributed by atoms with Gasteiger partial charge in [-0.15, -0.1) is 0 Å². The van der Waals surface area contributed by atoms with Crippen molar-refractivity contribution in [1.82, 2.24) is 4.98 Å². The van der Waals surface area contributed by atoms with E-state index in [0.29, 0.717) is 16.9 Å². The summed E-state index contributed by atoms with van der Waals surface area (Å²) < 4.78 is 4.69. The standard InChI is InChI=1S/C13H13N3O4S/c1-20-6-9(17)15-13-16-10(11(21-13)12(18)19)7-2-4-8(14)5-3-7/h2-5H,6,14H2,1H3,(H,18,19)(H,15,16,17). The lowest BCUT2D eigenvalue weighted by atomic mass is 10.1. The topological polar surface area (TPSA) is 115 Å². The fourth-order valence-electron chi connectivity index (χ4n) is 1.64. The van der Waals surface area contributed by atoms with E-state index in [1.807, 2.05) is 0 Å². The number of amides is 1. The Labute approximate surface area is 124 Å². The Morgan fingerprint density at radius 3 is 2.62 bits per heavy atom. The summed E-state index contributed by atoms with van der Waals surface area (Å²) in [5.74, 6) is -1.50. The molecule has 0 radical (unpaired) electrons. The van der Waals surface area contributed by atoms with Gasteiger partial charge in [0.15, 0.2) is 5.13 Å². The Morgan fingerprint density at radius 2 is 2.05 bits per heavy atom. The number of carboxylic acid groups (broad SMARTS) is 1. The minimum atomic E-state index is -1.11. The number of nitrogens with one attached hydrogen (secondary N) is 1. The SMILES string of the molecule is COCC(=O)Nc1nc(-c2ccc(N)cc2)c(C(=O)O)s1. The molecule has 0 saturated carbocycles. The van der Waals surface area contributed by atoms with Gasteiger partial charge < -0.3 is 15.6 Å². The second kappa shape index (κ2) is 6.33. The summed E-state index contributed by atoms with van der Waals surface area (Å²) in [5, 5.41) is 11.9. The molecule has 0 aliphatic heterocycles. The van der Waals surface area contributed by atoms with Crippen LogP contribution in [-0.2, 0) is 9.53 Å². The second-order valence-electron chi connectivity index (χ2n) is 4.11. The van der Waals surface area contributed by atoms with E-state index in [1.54, 1.807) is 24.3 Å². The van der Waals surface area contributed by atoms with Crippen LogP contribution < -0.4 is 11.1 Å². The van der Waals surface area contributed by atoms with Crippen LogP contribution in [-0.4, -0.2) is 35.7 Å². The van der Waals surface area contributed by atoms with Crippen LogP contribution in [0.3, 0.4) is 0 Å². The molecule has 0 aliphatic rings. The van der Waals surface area contributed by atoms with Crippen molar-refractivity contribution in [3.63, 3.8) is 0 Å². The zero-order chi connectivity index (χ0) is 15.4. The van der Waals surface area contributed by atoms with Crippen molar-refractivity contribution in [2.45, 2.75) is 0 Å². The first-order valence-corrected chi connectivity index (χ1v) is 6.71. The highest BCUT2D eigenvalue weighted by atomic mass is 32.1. The molecule has 0 fully saturated rings. The van der Waals surface area contributed by atoms with Crippen molar-refractivity contribution < 1.29 is 19.4 Å². The highest BCUT2D eigenvalue weighted by Gasteiger charge is 2.19. The third-order valence-corrected chi connectivity index (χ3v) is 3.49. The summed E-state index contributed by atoms with van der Waals surface area (Å²) in [7, 11) is 1.39. The number of aromatic carboxylic acids is 1. The molecule has 1 heterocycles. The number of nitrogens with zero attached hydrogens (tertiary/aromatic N) is 1. The summed E-state index contributed by atoms with van der Waals surface area (Å²) in [6.07, 6.45) is 0. The first-order chi connectivity index (χ1) is 10.0. The number of rotatable bonds is 5. The van der Waals surface area contributed by atoms with Gasteiger partial charge in [-0.3, -0.25) is 10.1 Å². The predicted molar refractivity (Wildman–Crippen MR) is 79.4 cm³/mol. The van der Waals surface area contributed by atoms with E-state index in [9.17, 15) is 14.7 Å². The average Bonchev–Trinajstić information content (AvgIpc) is 2.84. The van der Waals surface area contributed by atoms with Crippen molar-refractivity contribution in [3.8, 4) is 11.3 Å². The van der Waals surface area contributed by atoms with E-state index in [4.69, 9.17) is 10.5 Å². The summed E-state index contributed by atoms with van der Waals surface area (Å²) in [5.41, 5.74) is 7.08. The number of ether oxygens (including phenoxy) is 1. The molecule has 0 unspecified atom stereocenters. The van der Waals surface area contributed by atoms with Crippen molar-refractivity contribution in [2.24, 2.45) is 0 Å². The molecule has 1 aromatic heterocycles. The van der Waals surface area contributed by atoms with E-state index >= 15 is 0 Å². The van der Waals surface area contributed by atoms with E-state index < -0.39 is 11.9 Å². The van der Waals surface area contributed by atoms with Crippen LogP contribution in [0.5, 0.6) is 0 Å². The van der Waals surface area contributed by atoms with Crippen LogP contribution in [0.15, 0.2) is 24.3 Å². The molecular formula is C13H13N3O4S. The van der Waals surface area contributed by atoms with E-state index in [1.165, 1.54) is 7.11 Å². The number of carbonyl (C=O) groups excluding carboxylic acids is 1. The van der Waals surface area contributed by atoms with Crippen molar-refractivity contribution in [1.29, 1.82) is 0 Å². The minimum absolute atomic E-state index is 0.0486. The molecular weight excluding hydrogens is 294 g/mol. The lowest BCUT2D eigenvalue weighted by Gasteiger charge is -2.00. The Balaban J connectivity index is 2.36. The maximum atomic E-state index is 11.5. The molecule has 21 heavy (non-hydrogen) atoms. The Morgan fingerprint density at radius 1 is 1.38 bits per heavy atom. The van der Waals surface area contributed by atoms with Crippen molar-refractivity contribution in [3.05, 3.63) is 29.1 Å². The van der Waals surface area contributed by atoms with Crippen LogP contribution in [0, 0.1) is 0 Å². The molecule has 2 aromatic rings. The fourth-order valence-corrected chi connectivity index (χ4v) is 2.48. The molecule has 0 spiro atoms. The van der Waals surface area contributed by atoms with Gasteiger partial charge in [0.1, 0.15) is 11.5 Å². The Hall–Kier alpha value is -2.45. The number of hydrogen-bond acceptors (Lipinski definition) is 6. The second-order valence-corrected chi connectivity index (χ2v) is 5.10. The molecule has 2 rings (SSSR count). The molecule has 110 valence electrons. The molecule has 8 heteroatoms. The quantitative estimate of drug-likeness (QED) is 0.724. The normalized spacial score (nSPS) is 10.3. The first kappa shape index (κ1) is 14.9. The smallest absolute Gasteiger partial charge is 0.348 e. The first-order valence-electron chi connectivity index (χ1n) is 5.90. The van der Waals surface area contributed by atoms with Gasteiger partial charge in [-0.1, -0.05) is 23.5 Å². The van der Waals surface area contributed by atoms with Gasteiger partial charge in [0.05, 0.1) is 5.69 Å². The zero-order valence-electron chi connectivity index (χ0n) is 11.1. The lowest BCUT2D eigenvalue weighted by Crippen LogP contribution is -2.16. The number of thiazole rings is 1. The predicted octanol–water partition coefficient (Wildman–Crippen LogP) is 1.68. The van der Waals surface area contributed by atoms with Crippen LogP contribution in [0.2, 0.25) is 0 Å². The monoisotopic (exact) mass is 307 g/mol. The molecule has 1 aromatic carbocycles. The lowest BCUT2D eigenvalue weighted by molar-refractivity contribution is -0.119. The van der Waals surface area contributed by atoms with Crippen molar-refractivity contribution >= 4 is 34.0 Å². The van der Waals surface area contributed by atoms with Crippen LogP contribution >= 0.6 is 11.3 Å². The minimum Gasteiger partial charge on any atom is -0.477 e. The molecule has 1 amide bonds. The third-order valence-electron chi connectivity index (χ3n) is 2.53. The number of methoxy groups -OCH3 is 1. The number of anilines is 2. The number of nitrogen functional groups attached to an aromatic ring is 1. The summed E-state index contributed by atoms with van der Waals surface area (Å²) >= 11 is 0.891. The van der Waals surface area contributed by atoms with Gasteiger partial charge in [-0.25, -0.2) is 9.78 Å². The number of benzene rings is 1. The molecule has 0 atom stereocenters. The largest absolute Gasteiger partial charge is 0.477 e.